The summed E-state index contributed by atoms with van der Waals surface area (Å²) in [7, 11) is 0. The first-order valence-electron chi connectivity index (χ1n) is 6.77. The SMILES string of the molecule is CCN(C(=O)N1CCC(NC(C)=O)C1)C(C)(C)C(=O)O. The van der Waals surface area contributed by atoms with Crippen molar-refractivity contribution in [1.82, 2.24) is 15.1 Å². The second-order valence-electron chi connectivity index (χ2n) is 5.52. The van der Waals surface area contributed by atoms with Crippen LogP contribution in [0.3, 0.4) is 0 Å². The first-order chi connectivity index (χ1) is 9.20. The van der Waals surface area contributed by atoms with Gasteiger partial charge in [-0.05, 0) is 27.2 Å². The van der Waals surface area contributed by atoms with Gasteiger partial charge >= 0.3 is 12.0 Å². The van der Waals surface area contributed by atoms with E-state index in [1.54, 1.807) is 11.8 Å². The molecule has 20 heavy (non-hydrogen) atoms. The number of nitrogens with one attached hydrogen (secondary N) is 1. The van der Waals surface area contributed by atoms with E-state index in [4.69, 9.17) is 0 Å². The number of nitrogens with zero attached hydrogens (tertiary/aromatic N) is 2. The Bertz CT molecular complexity index is 408. The van der Waals surface area contributed by atoms with Gasteiger partial charge in [-0.3, -0.25) is 4.79 Å². The minimum atomic E-state index is -1.25. The Morgan fingerprint density at radius 1 is 1.40 bits per heavy atom. The Morgan fingerprint density at radius 2 is 2.00 bits per heavy atom. The lowest BCUT2D eigenvalue weighted by Crippen LogP contribution is -2.56. The summed E-state index contributed by atoms with van der Waals surface area (Å²) in [5.41, 5.74) is -1.25. The normalized spacial score (nSPS) is 18.8. The summed E-state index contributed by atoms with van der Waals surface area (Å²) in [4.78, 5) is 37.7. The van der Waals surface area contributed by atoms with E-state index in [-0.39, 0.29) is 18.0 Å². The molecule has 2 N–H and O–H groups in total. The molecule has 7 heteroatoms. The van der Waals surface area contributed by atoms with Gasteiger partial charge in [0, 0.05) is 32.6 Å². The van der Waals surface area contributed by atoms with Gasteiger partial charge in [-0.15, -0.1) is 0 Å². The van der Waals surface area contributed by atoms with Gasteiger partial charge in [0.1, 0.15) is 5.54 Å². The molecule has 0 aromatic rings. The average molecular weight is 285 g/mol. The smallest absolute Gasteiger partial charge is 0.329 e. The van der Waals surface area contributed by atoms with Crippen LogP contribution in [0.25, 0.3) is 0 Å². The van der Waals surface area contributed by atoms with Crippen molar-refractivity contribution in [2.24, 2.45) is 0 Å². The van der Waals surface area contributed by atoms with E-state index in [1.165, 1.54) is 25.7 Å². The van der Waals surface area contributed by atoms with Crippen molar-refractivity contribution >= 4 is 17.9 Å². The van der Waals surface area contributed by atoms with E-state index >= 15 is 0 Å². The van der Waals surface area contributed by atoms with E-state index < -0.39 is 11.5 Å². The lowest BCUT2D eigenvalue weighted by atomic mass is 10.0. The van der Waals surface area contributed by atoms with Crippen LogP contribution in [0.1, 0.15) is 34.1 Å². The quantitative estimate of drug-likeness (QED) is 0.787. The topological polar surface area (TPSA) is 90.0 Å². The Kier molecular flexibility index (Phi) is 4.97. The molecule has 0 saturated carbocycles. The van der Waals surface area contributed by atoms with Crippen LogP contribution >= 0.6 is 0 Å². The van der Waals surface area contributed by atoms with Crippen molar-refractivity contribution in [2.45, 2.75) is 45.7 Å². The molecule has 1 atom stereocenters. The molecular formula is C13H23N3O4. The number of hydrogen-bond donors (Lipinski definition) is 2. The maximum Gasteiger partial charge on any atom is 0.329 e. The predicted molar refractivity (Wildman–Crippen MR) is 73.3 cm³/mol. The third-order valence-electron chi connectivity index (χ3n) is 3.61. The van der Waals surface area contributed by atoms with Gasteiger partial charge in [0.05, 0.1) is 0 Å². The molecule has 1 fully saturated rings. The summed E-state index contributed by atoms with van der Waals surface area (Å²) < 4.78 is 0. The number of carboxylic acid groups (broad SMARTS) is 1. The summed E-state index contributed by atoms with van der Waals surface area (Å²) in [6.07, 6.45) is 0.691. The molecule has 0 spiro atoms. The van der Waals surface area contributed by atoms with Crippen LogP contribution in [0.2, 0.25) is 0 Å². The van der Waals surface area contributed by atoms with Crippen LogP contribution in [-0.2, 0) is 9.59 Å². The zero-order valence-electron chi connectivity index (χ0n) is 12.5. The van der Waals surface area contributed by atoms with E-state index in [2.05, 4.69) is 5.32 Å². The molecule has 0 aromatic heterocycles. The molecular weight excluding hydrogens is 262 g/mol. The number of carboxylic acids is 1. The van der Waals surface area contributed by atoms with Crippen molar-refractivity contribution in [3.05, 3.63) is 0 Å². The highest BCUT2D eigenvalue weighted by Gasteiger charge is 2.40. The highest BCUT2D eigenvalue weighted by molar-refractivity contribution is 5.85. The Hall–Kier alpha value is -1.79. The van der Waals surface area contributed by atoms with Gasteiger partial charge in [0.2, 0.25) is 5.91 Å². The largest absolute Gasteiger partial charge is 0.480 e. The molecule has 1 rings (SSSR count). The van der Waals surface area contributed by atoms with Crippen LogP contribution in [0.4, 0.5) is 4.79 Å². The zero-order chi connectivity index (χ0) is 15.5. The number of urea groups is 1. The molecule has 0 radical (unpaired) electrons. The van der Waals surface area contributed by atoms with Crippen molar-refractivity contribution in [3.8, 4) is 0 Å². The Balaban J connectivity index is 2.74. The number of amides is 3. The first kappa shape index (κ1) is 16.3. The minimum absolute atomic E-state index is 0.0527. The van der Waals surface area contributed by atoms with Gasteiger partial charge in [-0.1, -0.05) is 0 Å². The number of likely N-dealkylation sites (tertiary alicyclic amines) is 1. The first-order valence-corrected chi connectivity index (χ1v) is 6.77. The summed E-state index contributed by atoms with van der Waals surface area (Å²) in [5, 5.41) is 12.0. The molecule has 0 aromatic carbocycles. The van der Waals surface area contributed by atoms with Crippen molar-refractivity contribution in [1.29, 1.82) is 0 Å². The fourth-order valence-electron chi connectivity index (χ4n) is 2.40. The maximum atomic E-state index is 12.4. The number of carbonyl (C=O) groups is 3. The molecule has 1 unspecified atom stereocenters. The summed E-state index contributed by atoms with van der Waals surface area (Å²) in [6.45, 7) is 7.48. The van der Waals surface area contributed by atoms with Crippen LogP contribution in [-0.4, -0.2) is 64.0 Å². The molecule has 3 amide bonds. The fraction of sp³-hybridized carbons (Fsp3) is 0.769. The Labute approximate surface area is 118 Å². The standard InChI is InChI=1S/C13H23N3O4/c1-5-16(13(3,4)11(18)19)12(20)15-7-6-10(8-15)14-9(2)17/h10H,5-8H2,1-4H3,(H,14,17)(H,18,19). The van der Waals surface area contributed by atoms with Crippen LogP contribution < -0.4 is 5.32 Å². The maximum absolute atomic E-state index is 12.4. The van der Waals surface area contributed by atoms with E-state index in [1.807, 2.05) is 0 Å². The zero-order valence-corrected chi connectivity index (χ0v) is 12.5. The second-order valence-corrected chi connectivity index (χ2v) is 5.52. The molecule has 1 aliphatic rings. The van der Waals surface area contributed by atoms with Crippen molar-refractivity contribution in [2.75, 3.05) is 19.6 Å². The van der Waals surface area contributed by atoms with Gasteiger partial charge in [-0.2, -0.15) is 0 Å². The number of hydrogen-bond acceptors (Lipinski definition) is 3. The van der Waals surface area contributed by atoms with Crippen LogP contribution in [0.15, 0.2) is 0 Å². The lowest BCUT2D eigenvalue weighted by molar-refractivity contribution is -0.147. The number of likely N-dealkylation sites (N-methyl/N-ethyl adjacent to an activating group) is 1. The fourth-order valence-corrected chi connectivity index (χ4v) is 2.40. The number of carbonyl (C=O) groups excluding carboxylic acids is 2. The summed E-state index contributed by atoms with van der Waals surface area (Å²) in [5.74, 6) is -1.16. The van der Waals surface area contributed by atoms with Gasteiger partial charge in [0.15, 0.2) is 0 Å². The highest BCUT2D eigenvalue weighted by atomic mass is 16.4. The van der Waals surface area contributed by atoms with Crippen molar-refractivity contribution in [3.63, 3.8) is 0 Å². The molecule has 0 aliphatic carbocycles. The average Bonchev–Trinajstić information content (AvgIpc) is 2.76. The highest BCUT2D eigenvalue weighted by Crippen LogP contribution is 2.19. The molecule has 1 aliphatic heterocycles. The number of rotatable bonds is 4. The monoisotopic (exact) mass is 285 g/mol. The van der Waals surface area contributed by atoms with Gasteiger partial charge < -0.3 is 20.2 Å². The second kappa shape index (κ2) is 6.11. The summed E-state index contributed by atoms with van der Waals surface area (Å²) in [6, 6.07) is -0.351. The summed E-state index contributed by atoms with van der Waals surface area (Å²) >= 11 is 0. The Morgan fingerprint density at radius 3 is 2.45 bits per heavy atom. The van der Waals surface area contributed by atoms with Gasteiger partial charge in [0.25, 0.3) is 0 Å². The molecule has 0 bridgehead atoms. The minimum Gasteiger partial charge on any atom is -0.480 e. The lowest BCUT2D eigenvalue weighted by Gasteiger charge is -2.36. The van der Waals surface area contributed by atoms with Crippen LogP contribution in [0.5, 0.6) is 0 Å². The predicted octanol–water partition coefficient (Wildman–Crippen LogP) is 0.502. The molecule has 7 nitrogen and oxygen atoms in total. The third-order valence-corrected chi connectivity index (χ3v) is 3.61. The van der Waals surface area contributed by atoms with E-state index in [0.29, 0.717) is 26.1 Å². The molecule has 1 saturated heterocycles. The molecule has 114 valence electrons. The molecule has 1 heterocycles. The van der Waals surface area contributed by atoms with Crippen molar-refractivity contribution < 1.29 is 19.5 Å². The van der Waals surface area contributed by atoms with Crippen LogP contribution in [0, 0.1) is 0 Å². The number of aliphatic carboxylic acids is 1. The van der Waals surface area contributed by atoms with E-state index in [0.717, 1.165) is 0 Å². The van der Waals surface area contributed by atoms with E-state index in [9.17, 15) is 19.5 Å². The van der Waals surface area contributed by atoms with Gasteiger partial charge in [-0.25, -0.2) is 9.59 Å². The third kappa shape index (κ3) is 3.40.